The maximum absolute atomic E-state index is 10.7. The van der Waals surface area contributed by atoms with Crippen LogP contribution < -0.4 is 0 Å². The number of carboxylic acids is 1. The lowest BCUT2D eigenvalue weighted by Crippen LogP contribution is -1.98. The number of benzene rings is 1. The molecule has 0 fully saturated rings. The zero-order valence-corrected chi connectivity index (χ0v) is 9.52. The van der Waals surface area contributed by atoms with Gasteiger partial charge in [0.2, 0.25) is 0 Å². The van der Waals surface area contributed by atoms with Crippen LogP contribution in [0.15, 0.2) is 17.5 Å². The van der Waals surface area contributed by atoms with Crippen molar-refractivity contribution in [2.75, 3.05) is 0 Å². The molecule has 0 spiro atoms. The summed E-state index contributed by atoms with van der Waals surface area (Å²) in [5, 5.41) is 11.8. The van der Waals surface area contributed by atoms with Crippen LogP contribution in [-0.4, -0.2) is 11.1 Å². The molecular weight excluding hydrogens is 208 g/mol. The zero-order valence-electron chi connectivity index (χ0n) is 8.70. The van der Waals surface area contributed by atoms with Gasteiger partial charge in [0.05, 0.1) is 6.42 Å². The summed E-state index contributed by atoms with van der Waals surface area (Å²) in [6, 6.07) is 4.21. The van der Waals surface area contributed by atoms with Gasteiger partial charge in [-0.2, -0.15) is 0 Å². The number of carbonyl (C=O) groups is 1. The van der Waals surface area contributed by atoms with Crippen LogP contribution in [0.2, 0.25) is 0 Å². The van der Waals surface area contributed by atoms with Gasteiger partial charge >= 0.3 is 5.97 Å². The average molecular weight is 220 g/mol. The first-order valence-electron chi connectivity index (χ1n) is 4.77. The van der Waals surface area contributed by atoms with Crippen molar-refractivity contribution < 1.29 is 9.90 Å². The molecule has 15 heavy (non-hydrogen) atoms. The number of carboxylic acid groups (broad SMARTS) is 1. The molecule has 1 N–H and O–H groups in total. The topological polar surface area (TPSA) is 37.3 Å². The maximum Gasteiger partial charge on any atom is 0.307 e. The van der Waals surface area contributed by atoms with Crippen molar-refractivity contribution in [1.29, 1.82) is 0 Å². The molecule has 2 aromatic rings. The zero-order chi connectivity index (χ0) is 11.0. The monoisotopic (exact) mass is 220 g/mol. The Bertz CT molecular complexity index is 526. The quantitative estimate of drug-likeness (QED) is 0.844. The Morgan fingerprint density at radius 1 is 1.33 bits per heavy atom. The van der Waals surface area contributed by atoms with E-state index < -0.39 is 5.97 Å². The van der Waals surface area contributed by atoms with Crippen LogP contribution in [0.4, 0.5) is 0 Å². The minimum Gasteiger partial charge on any atom is -0.481 e. The summed E-state index contributed by atoms with van der Waals surface area (Å²) in [5.41, 5.74) is 3.39. The third-order valence-electron chi connectivity index (χ3n) is 2.61. The van der Waals surface area contributed by atoms with Gasteiger partial charge in [0.15, 0.2) is 0 Å². The Balaban J connectivity index is 2.59. The van der Waals surface area contributed by atoms with Gasteiger partial charge in [-0.05, 0) is 47.4 Å². The van der Waals surface area contributed by atoms with E-state index in [1.807, 2.05) is 5.38 Å². The third-order valence-corrected chi connectivity index (χ3v) is 3.61. The number of rotatable bonds is 2. The van der Waals surface area contributed by atoms with Crippen molar-refractivity contribution in [3.8, 4) is 0 Å². The van der Waals surface area contributed by atoms with Gasteiger partial charge in [0.1, 0.15) is 0 Å². The first kappa shape index (κ1) is 10.2. The molecule has 1 aromatic heterocycles. The molecule has 0 saturated heterocycles. The molecule has 1 heterocycles. The Labute approximate surface area is 92.2 Å². The summed E-state index contributed by atoms with van der Waals surface area (Å²) >= 11 is 1.62. The van der Waals surface area contributed by atoms with E-state index in [0.29, 0.717) is 0 Å². The highest BCUT2D eigenvalue weighted by molar-refractivity contribution is 7.17. The van der Waals surface area contributed by atoms with E-state index in [1.165, 1.54) is 15.8 Å². The fraction of sp³-hybridized carbons (Fsp3) is 0.250. The number of aryl methyl sites for hydroxylation is 2. The first-order chi connectivity index (χ1) is 7.08. The summed E-state index contributed by atoms with van der Waals surface area (Å²) in [6.45, 7) is 4.13. The summed E-state index contributed by atoms with van der Waals surface area (Å²) in [6.07, 6.45) is 0.114. The van der Waals surface area contributed by atoms with Gasteiger partial charge in [-0.3, -0.25) is 4.79 Å². The van der Waals surface area contributed by atoms with E-state index in [1.54, 1.807) is 11.3 Å². The van der Waals surface area contributed by atoms with E-state index in [2.05, 4.69) is 26.0 Å². The minimum absolute atomic E-state index is 0.114. The second-order valence-electron chi connectivity index (χ2n) is 3.76. The fourth-order valence-corrected chi connectivity index (χ4v) is 2.68. The van der Waals surface area contributed by atoms with E-state index in [9.17, 15) is 4.79 Å². The van der Waals surface area contributed by atoms with Crippen LogP contribution >= 0.6 is 11.3 Å². The summed E-state index contributed by atoms with van der Waals surface area (Å²) in [5.74, 6) is -0.770. The molecule has 0 radical (unpaired) electrons. The Morgan fingerprint density at radius 2 is 2.00 bits per heavy atom. The molecular formula is C12H12O2S. The number of thiophene rings is 1. The van der Waals surface area contributed by atoms with Crippen molar-refractivity contribution >= 4 is 27.4 Å². The van der Waals surface area contributed by atoms with Crippen molar-refractivity contribution in [2.24, 2.45) is 0 Å². The fourth-order valence-electron chi connectivity index (χ4n) is 1.64. The number of hydrogen-bond donors (Lipinski definition) is 1. The highest BCUT2D eigenvalue weighted by atomic mass is 32.1. The van der Waals surface area contributed by atoms with Gasteiger partial charge in [-0.1, -0.05) is 6.07 Å². The lowest BCUT2D eigenvalue weighted by Gasteiger charge is -2.01. The van der Waals surface area contributed by atoms with Crippen LogP contribution in [0, 0.1) is 13.8 Å². The van der Waals surface area contributed by atoms with Gasteiger partial charge < -0.3 is 5.11 Å². The van der Waals surface area contributed by atoms with Crippen LogP contribution in [0.3, 0.4) is 0 Å². The molecule has 0 aliphatic rings. The maximum atomic E-state index is 10.7. The van der Waals surface area contributed by atoms with Crippen LogP contribution in [0.25, 0.3) is 10.1 Å². The molecule has 0 unspecified atom stereocenters. The molecule has 0 bridgehead atoms. The standard InChI is InChI=1S/C12H12O2S/c1-7-3-10-9(5-12(13)14)6-15-11(10)4-8(7)2/h3-4,6H,5H2,1-2H3,(H,13,14). The predicted octanol–water partition coefficient (Wildman–Crippen LogP) is 3.15. The van der Waals surface area contributed by atoms with Gasteiger partial charge in [0, 0.05) is 4.70 Å². The molecule has 0 atom stereocenters. The van der Waals surface area contributed by atoms with Crippen molar-refractivity contribution in [3.05, 3.63) is 34.2 Å². The van der Waals surface area contributed by atoms with Crippen LogP contribution in [0.5, 0.6) is 0 Å². The van der Waals surface area contributed by atoms with Crippen LogP contribution in [-0.2, 0) is 11.2 Å². The van der Waals surface area contributed by atoms with E-state index in [-0.39, 0.29) is 6.42 Å². The highest BCUT2D eigenvalue weighted by Crippen LogP contribution is 2.29. The van der Waals surface area contributed by atoms with Gasteiger partial charge in [0.25, 0.3) is 0 Å². The average Bonchev–Trinajstić information content (AvgIpc) is 2.49. The van der Waals surface area contributed by atoms with Crippen LogP contribution in [0.1, 0.15) is 16.7 Å². The summed E-state index contributed by atoms with van der Waals surface area (Å²) in [4.78, 5) is 10.7. The van der Waals surface area contributed by atoms with Crippen molar-refractivity contribution in [1.82, 2.24) is 0 Å². The molecule has 1 aromatic carbocycles. The Kier molecular flexibility index (Phi) is 2.49. The molecule has 78 valence electrons. The SMILES string of the molecule is Cc1cc2scc(CC(=O)O)c2cc1C. The smallest absolute Gasteiger partial charge is 0.307 e. The lowest BCUT2D eigenvalue weighted by atomic mass is 10.0. The first-order valence-corrected chi connectivity index (χ1v) is 5.65. The normalized spacial score (nSPS) is 10.8. The van der Waals surface area contributed by atoms with E-state index in [4.69, 9.17) is 5.11 Å². The second-order valence-corrected chi connectivity index (χ2v) is 4.68. The van der Waals surface area contributed by atoms with Crippen molar-refractivity contribution in [2.45, 2.75) is 20.3 Å². The number of fused-ring (bicyclic) bond motifs is 1. The second kappa shape index (κ2) is 3.66. The van der Waals surface area contributed by atoms with E-state index >= 15 is 0 Å². The molecule has 0 saturated carbocycles. The molecule has 0 amide bonds. The lowest BCUT2D eigenvalue weighted by molar-refractivity contribution is -0.136. The summed E-state index contributed by atoms with van der Waals surface area (Å²) < 4.78 is 1.18. The Hall–Kier alpha value is -1.35. The largest absolute Gasteiger partial charge is 0.481 e. The summed E-state index contributed by atoms with van der Waals surface area (Å²) in [7, 11) is 0. The molecule has 0 aliphatic heterocycles. The molecule has 2 nitrogen and oxygen atoms in total. The van der Waals surface area contributed by atoms with Gasteiger partial charge in [-0.25, -0.2) is 0 Å². The van der Waals surface area contributed by atoms with E-state index in [0.717, 1.165) is 10.9 Å². The third kappa shape index (κ3) is 1.88. The van der Waals surface area contributed by atoms with Gasteiger partial charge in [-0.15, -0.1) is 11.3 Å². The minimum atomic E-state index is -0.770. The molecule has 0 aliphatic carbocycles. The Morgan fingerprint density at radius 3 is 2.67 bits per heavy atom. The predicted molar refractivity (Wildman–Crippen MR) is 62.6 cm³/mol. The van der Waals surface area contributed by atoms with Crippen molar-refractivity contribution in [3.63, 3.8) is 0 Å². The highest BCUT2D eigenvalue weighted by Gasteiger charge is 2.08. The number of hydrogen-bond acceptors (Lipinski definition) is 2. The molecule has 3 heteroatoms. The number of aliphatic carboxylic acids is 1. The molecule has 2 rings (SSSR count).